The van der Waals surface area contributed by atoms with Crippen molar-refractivity contribution in [1.82, 2.24) is 14.9 Å². The van der Waals surface area contributed by atoms with Crippen molar-refractivity contribution >= 4 is 17.5 Å². The van der Waals surface area contributed by atoms with Crippen molar-refractivity contribution in [3.63, 3.8) is 0 Å². The van der Waals surface area contributed by atoms with Crippen molar-refractivity contribution in [2.75, 3.05) is 37.4 Å². The number of nitrogen functional groups attached to an aromatic ring is 1. The van der Waals surface area contributed by atoms with Crippen LogP contribution in [0.5, 0.6) is 0 Å². The number of piperidine rings is 1. The van der Waals surface area contributed by atoms with Gasteiger partial charge < -0.3 is 15.8 Å². The lowest BCUT2D eigenvalue weighted by atomic mass is 10.0. The highest BCUT2D eigenvalue weighted by molar-refractivity contribution is 5.53. The van der Waals surface area contributed by atoms with Crippen LogP contribution in [0.15, 0.2) is 6.20 Å². The number of hydrogen-bond donors (Lipinski definition) is 2. The van der Waals surface area contributed by atoms with E-state index in [0.29, 0.717) is 12.0 Å². The molecule has 0 radical (unpaired) electrons. The lowest BCUT2D eigenvalue weighted by molar-refractivity contribution is -0.384. The molecule has 2 aliphatic rings. The van der Waals surface area contributed by atoms with Gasteiger partial charge in [0.2, 0.25) is 11.8 Å². The third-order valence-corrected chi connectivity index (χ3v) is 4.28. The molecule has 9 heteroatoms. The first kappa shape index (κ1) is 14.9. The molecule has 0 saturated carbocycles. The van der Waals surface area contributed by atoms with Crippen molar-refractivity contribution in [3.05, 3.63) is 16.3 Å². The lowest BCUT2D eigenvalue weighted by Crippen LogP contribution is -2.45. The van der Waals surface area contributed by atoms with Gasteiger partial charge >= 0.3 is 5.69 Å². The Morgan fingerprint density at radius 3 is 2.77 bits per heavy atom. The largest absolute Gasteiger partial charge is 0.380 e. The molecule has 22 heavy (non-hydrogen) atoms. The van der Waals surface area contributed by atoms with Crippen molar-refractivity contribution in [2.24, 2.45) is 0 Å². The third kappa shape index (κ3) is 3.25. The minimum atomic E-state index is -0.582. The van der Waals surface area contributed by atoms with E-state index in [1.165, 1.54) is 0 Å². The SMILES string of the molecule is Nc1nc(NC2CCN(C3CCOC3)CC2)ncc1[N+](=O)[O-]. The molecular formula is C13H20N6O3. The van der Waals surface area contributed by atoms with Crippen LogP contribution in [0.1, 0.15) is 19.3 Å². The Balaban J connectivity index is 1.54. The van der Waals surface area contributed by atoms with Crippen LogP contribution in [0, 0.1) is 10.1 Å². The Kier molecular flexibility index (Phi) is 4.34. The molecule has 0 bridgehead atoms. The van der Waals surface area contributed by atoms with Gasteiger partial charge in [0.05, 0.1) is 11.5 Å². The van der Waals surface area contributed by atoms with Crippen LogP contribution in [0.3, 0.4) is 0 Å². The van der Waals surface area contributed by atoms with Gasteiger partial charge in [-0.1, -0.05) is 0 Å². The average molecular weight is 308 g/mol. The normalized spacial score (nSPS) is 23.5. The first-order valence-corrected chi connectivity index (χ1v) is 7.48. The predicted molar refractivity (Wildman–Crippen MR) is 80.5 cm³/mol. The molecule has 120 valence electrons. The molecule has 2 aliphatic heterocycles. The fraction of sp³-hybridized carbons (Fsp3) is 0.692. The van der Waals surface area contributed by atoms with Crippen LogP contribution < -0.4 is 11.1 Å². The minimum Gasteiger partial charge on any atom is -0.380 e. The van der Waals surface area contributed by atoms with Crippen LogP contribution in [-0.2, 0) is 4.74 Å². The van der Waals surface area contributed by atoms with Crippen LogP contribution in [-0.4, -0.2) is 58.2 Å². The number of nitrogens with zero attached hydrogens (tertiary/aromatic N) is 4. The first-order chi connectivity index (χ1) is 10.6. The Morgan fingerprint density at radius 2 is 2.18 bits per heavy atom. The molecule has 1 unspecified atom stereocenters. The Bertz CT molecular complexity index is 541. The summed E-state index contributed by atoms with van der Waals surface area (Å²) < 4.78 is 5.43. The summed E-state index contributed by atoms with van der Waals surface area (Å²) in [6.45, 7) is 3.71. The van der Waals surface area contributed by atoms with Gasteiger partial charge in [-0.15, -0.1) is 0 Å². The van der Waals surface area contributed by atoms with Crippen LogP contribution in [0.25, 0.3) is 0 Å². The van der Waals surface area contributed by atoms with Crippen molar-refractivity contribution < 1.29 is 9.66 Å². The average Bonchev–Trinajstić information content (AvgIpc) is 3.02. The van der Waals surface area contributed by atoms with E-state index in [0.717, 1.165) is 51.8 Å². The molecule has 3 heterocycles. The number of nitro groups is 1. The van der Waals surface area contributed by atoms with E-state index in [4.69, 9.17) is 10.5 Å². The molecular weight excluding hydrogens is 288 g/mol. The number of likely N-dealkylation sites (tertiary alicyclic amines) is 1. The number of anilines is 2. The fourth-order valence-electron chi connectivity index (χ4n) is 3.00. The number of nitrogens with two attached hydrogens (primary N) is 1. The molecule has 1 aromatic heterocycles. The first-order valence-electron chi connectivity index (χ1n) is 7.48. The molecule has 3 rings (SSSR count). The summed E-state index contributed by atoms with van der Waals surface area (Å²) >= 11 is 0. The molecule has 0 aliphatic carbocycles. The molecule has 2 fully saturated rings. The van der Waals surface area contributed by atoms with Gasteiger partial charge in [0.1, 0.15) is 6.20 Å². The van der Waals surface area contributed by atoms with Crippen molar-refractivity contribution in [2.45, 2.75) is 31.3 Å². The van der Waals surface area contributed by atoms with Gasteiger partial charge in [0.15, 0.2) is 0 Å². The summed E-state index contributed by atoms with van der Waals surface area (Å²) in [7, 11) is 0. The van der Waals surface area contributed by atoms with Gasteiger partial charge in [0, 0.05) is 31.8 Å². The van der Waals surface area contributed by atoms with Crippen LogP contribution in [0.4, 0.5) is 17.5 Å². The molecule has 1 aromatic rings. The van der Waals surface area contributed by atoms with E-state index in [-0.39, 0.29) is 17.5 Å². The maximum absolute atomic E-state index is 10.7. The van der Waals surface area contributed by atoms with Crippen molar-refractivity contribution in [1.29, 1.82) is 0 Å². The second-order valence-corrected chi connectivity index (χ2v) is 5.69. The second-order valence-electron chi connectivity index (χ2n) is 5.69. The summed E-state index contributed by atoms with van der Waals surface area (Å²) in [5.74, 6) is 0.244. The summed E-state index contributed by atoms with van der Waals surface area (Å²) in [5.41, 5.74) is 5.31. The van der Waals surface area contributed by atoms with E-state index in [1.807, 2.05) is 0 Å². The molecule has 1 atom stereocenters. The van der Waals surface area contributed by atoms with E-state index < -0.39 is 4.92 Å². The monoisotopic (exact) mass is 308 g/mol. The van der Waals surface area contributed by atoms with E-state index >= 15 is 0 Å². The Hall–Kier alpha value is -2.00. The number of nitrogens with one attached hydrogen (secondary N) is 1. The maximum Gasteiger partial charge on any atom is 0.329 e. The summed E-state index contributed by atoms with van der Waals surface area (Å²) in [6, 6.07) is 0.812. The summed E-state index contributed by atoms with van der Waals surface area (Å²) in [4.78, 5) is 20.5. The standard InChI is InChI=1S/C13H20N6O3/c14-12-11(19(20)21)7-15-13(17-12)16-9-1-4-18(5-2-9)10-3-6-22-8-10/h7,9-10H,1-6,8H2,(H3,14,15,16,17). The topological polar surface area (TPSA) is 119 Å². The molecule has 2 saturated heterocycles. The quantitative estimate of drug-likeness (QED) is 0.614. The van der Waals surface area contributed by atoms with Crippen LogP contribution >= 0.6 is 0 Å². The van der Waals surface area contributed by atoms with Crippen molar-refractivity contribution in [3.8, 4) is 0 Å². The van der Waals surface area contributed by atoms with Crippen LogP contribution in [0.2, 0.25) is 0 Å². The molecule has 3 N–H and O–H groups in total. The smallest absolute Gasteiger partial charge is 0.329 e. The van der Waals surface area contributed by atoms with E-state index in [9.17, 15) is 10.1 Å². The Labute approximate surface area is 128 Å². The zero-order valence-corrected chi connectivity index (χ0v) is 12.3. The number of hydrogen-bond acceptors (Lipinski definition) is 8. The Morgan fingerprint density at radius 1 is 1.41 bits per heavy atom. The van der Waals surface area contributed by atoms with Gasteiger partial charge in [-0.05, 0) is 19.3 Å². The van der Waals surface area contributed by atoms with Gasteiger partial charge in [0.25, 0.3) is 0 Å². The predicted octanol–water partition coefficient (Wildman–Crippen LogP) is 0.632. The molecule has 0 spiro atoms. The number of rotatable bonds is 4. The van der Waals surface area contributed by atoms with E-state index in [1.54, 1.807) is 0 Å². The van der Waals surface area contributed by atoms with Gasteiger partial charge in [-0.2, -0.15) is 4.98 Å². The number of aromatic nitrogens is 2. The molecule has 0 amide bonds. The van der Waals surface area contributed by atoms with Gasteiger partial charge in [-0.25, -0.2) is 4.98 Å². The highest BCUT2D eigenvalue weighted by atomic mass is 16.6. The summed E-state index contributed by atoms with van der Waals surface area (Å²) in [5, 5.41) is 13.9. The summed E-state index contributed by atoms with van der Waals surface area (Å²) in [6.07, 6.45) is 4.23. The highest BCUT2D eigenvalue weighted by Gasteiger charge is 2.28. The number of ether oxygens (including phenoxy) is 1. The molecule has 0 aromatic carbocycles. The fourth-order valence-corrected chi connectivity index (χ4v) is 3.00. The zero-order chi connectivity index (χ0) is 15.5. The second kappa shape index (κ2) is 6.41. The van der Waals surface area contributed by atoms with E-state index in [2.05, 4.69) is 20.2 Å². The zero-order valence-electron chi connectivity index (χ0n) is 12.3. The maximum atomic E-state index is 10.7. The lowest BCUT2D eigenvalue weighted by Gasteiger charge is -2.35. The third-order valence-electron chi connectivity index (χ3n) is 4.28. The molecule has 9 nitrogen and oxygen atoms in total. The van der Waals surface area contributed by atoms with Gasteiger partial charge in [-0.3, -0.25) is 15.0 Å². The minimum absolute atomic E-state index is 0.108. The highest BCUT2D eigenvalue weighted by Crippen LogP contribution is 2.22.